The van der Waals surface area contributed by atoms with Crippen molar-refractivity contribution in [3.63, 3.8) is 0 Å². The normalized spacial score (nSPS) is 17.2. The van der Waals surface area contributed by atoms with Crippen molar-refractivity contribution < 1.29 is 0 Å². The molecule has 1 aliphatic heterocycles. The number of hydrogen-bond acceptors (Lipinski definition) is 2. The van der Waals surface area contributed by atoms with Gasteiger partial charge < -0.3 is 4.90 Å². The van der Waals surface area contributed by atoms with Gasteiger partial charge in [-0.1, -0.05) is 48.9 Å². The number of amidine groups is 1. The Hall–Kier alpha value is -1.83. The topological polar surface area (TPSA) is 15.6 Å². The van der Waals surface area contributed by atoms with Crippen LogP contribution in [0, 0.1) is 5.92 Å². The third-order valence-corrected chi connectivity index (χ3v) is 4.24. The number of benzene rings is 1. The van der Waals surface area contributed by atoms with Crippen molar-refractivity contribution in [1.29, 1.82) is 0 Å². The van der Waals surface area contributed by atoms with Crippen LogP contribution in [0.15, 0.2) is 59.8 Å². The molecule has 0 N–H and O–H groups in total. The Morgan fingerprint density at radius 1 is 1.00 bits per heavy atom. The van der Waals surface area contributed by atoms with E-state index < -0.39 is 0 Å². The lowest BCUT2D eigenvalue weighted by Crippen LogP contribution is -2.35. The van der Waals surface area contributed by atoms with Crippen LogP contribution in [0.2, 0.25) is 0 Å². The van der Waals surface area contributed by atoms with Gasteiger partial charge in [0.15, 0.2) is 0 Å². The Labute approximate surface area is 135 Å². The highest BCUT2D eigenvalue weighted by Crippen LogP contribution is 2.19. The summed E-state index contributed by atoms with van der Waals surface area (Å²) in [5.74, 6) is 1.68. The SMILES string of the molecule is CCN(CC)C1=NC=CC=CC1CCCCc1ccccc1. The van der Waals surface area contributed by atoms with Crippen molar-refractivity contribution in [2.45, 2.75) is 39.5 Å². The largest absolute Gasteiger partial charge is 0.360 e. The molecule has 0 fully saturated rings. The number of unbranched alkanes of at least 4 members (excludes halogenated alkanes) is 1. The molecule has 0 bridgehead atoms. The van der Waals surface area contributed by atoms with E-state index in [-0.39, 0.29) is 0 Å². The summed E-state index contributed by atoms with van der Waals surface area (Å²) in [6.07, 6.45) is 13.2. The average Bonchev–Trinajstić information content (AvgIpc) is 2.80. The van der Waals surface area contributed by atoms with Gasteiger partial charge in [-0.2, -0.15) is 0 Å². The van der Waals surface area contributed by atoms with E-state index in [9.17, 15) is 0 Å². The summed E-state index contributed by atoms with van der Waals surface area (Å²) in [6, 6.07) is 10.8. The number of rotatable bonds is 7. The molecular weight excluding hydrogens is 268 g/mol. The highest BCUT2D eigenvalue weighted by molar-refractivity contribution is 5.87. The third kappa shape index (κ3) is 4.87. The summed E-state index contributed by atoms with van der Waals surface area (Å²) in [5.41, 5.74) is 1.44. The third-order valence-electron chi connectivity index (χ3n) is 4.24. The fourth-order valence-electron chi connectivity index (χ4n) is 2.98. The summed E-state index contributed by atoms with van der Waals surface area (Å²) < 4.78 is 0. The van der Waals surface area contributed by atoms with Gasteiger partial charge in [0.05, 0.1) is 0 Å². The fourth-order valence-corrected chi connectivity index (χ4v) is 2.98. The molecule has 2 rings (SSSR count). The van der Waals surface area contributed by atoms with Gasteiger partial charge in [0.25, 0.3) is 0 Å². The second-order valence-electron chi connectivity index (χ2n) is 5.72. The number of allylic oxidation sites excluding steroid dienone is 2. The molecule has 0 spiro atoms. The minimum Gasteiger partial charge on any atom is -0.360 e. The first-order valence-corrected chi connectivity index (χ1v) is 8.55. The van der Waals surface area contributed by atoms with E-state index in [0.29, 0.717) is 5.92 Å². The first kappa shape index (κ1) is 16.5. The summed E-state index contributed by atoms with van der Waals surface area (Å²) in [7, 11) is 0. The molecule has 1 aromatic carbocycles. The summed E-state index contributed by atoms with van der Waals surface area (Å²) in [5, 5.41) is 0. The molecule has 0 saturated heterocycles. The molecule has 1 heterocycles. The molecule has 0 radical (unpaired) electrons. The molecule has 1 atom stereocenters. The molecule has 1 aromatic rings. The van der Waals surface area contributed by atoms with Gasteiger partial charge in [-0.05, 0) is 44.7 Å². The number of nitrogens with zero attached hydrogens (tertiary/aromatic N) is 2. The lowest BCUT2D eigenvalue weighted by atomic mass is 9.97. The van der Waals surface area contributed by atoms with Crippen molar-refractivity contribution in [2.75, 3.05) is 13.1 Å². The van der Waals surface area contributed by atoms with E-state index in [1.54, 1.807) is 0 Å². The predicted molar refractivity (Wildman–Crippen MR) is 96.1 cm³/mol. The van der Waals surface area contributed by atoms with Gasteiger partial charge in [0.1, 0.15) is 5.84 Å². The molecule has 0 aliphatic carbocycles. The Bertz CT molecular complexity index is 510. The van der Waals surface area contributed by atoms with Gasteiger partial charge in [0.2, 0.25) is 0 Å². The van der Waals surface area contributed by atoms with E-state index in [1.807, 2.05) is 12.3 Å². The van der Waals surface area contributed by atoms with Crippen molar-refractivity contribution in [1.82, 2.24) is 4.90 Å². The van der Waals surface area contributed by atoms with Crippen molar-refractivity contribution in [3.05, 3.63) is 60.3 Å². The number of hydrogen-bond donors (Lipinski definition) is 0. The zero-order chi connectivity index (χ0) is 15.6. The second kappa shape index (κ2) is 9.24. The van der Waals surface area contributed by atoms with Crippen LogP contribution in [-0.2, 0) is 6.42 Å². The van der Waals surface area contributed by atoms with Crippen LogP contribution in [0.25, 0.3) is 0 Å². The highest BCUT2D eigenvalue weighted by Gasteiger charge is 2.18. The van der Waals surface area contributed by atoms with E-state index in [0.717, 1.165) is 13.1 Å². The monoisotopic (exact) mass is 296 g/mol. The Kier molecular flexibility index (Phi) is 6.95. The first-order chi connectivity index (χ1) is 10.8. The van der Waals surface area contributed by atoms with E-state index in [2.05, 4.69) is 66.2 Å². The lowest BCUT2D eigenvalue weighted by molar-refractivity contribution is 0.435. The van der Waals surface area contributed by atoms with Crippen LogP contribution in [0.1, 0.15) is 38.7 Å². The smallest absolute Gasteiger partial charge is 0.111 e. The number of aliphatic imine (C=N–C) groups is 1. The summed E-state index contributed by atoms with van der Waals surface area (Å²) >= 11 is 0. The zero-order valence-corrected chi connectivity index (χ0v) is 13.9. The minimum atomic E-state index is 0.450. The van der Waals surface area contributed by atoms with Gasteiger partial charge in [-0.25, -0.2) is 4.99 Å². The van der Waals surface area contributed by atoms with E-state index in [1.165, 1.54) is 37.1 Å². The van der Waals surface area contributed by atoms with Crippen LogP contribution < -0.4 is 0 Å². The Morgan fingerprint density at radius 2 is 1.77 bits per heavy atom. The average molecular weight is 296 g/mol. The van der Waals surface area contributed by atoms with Gasteiger partial charge in [-0.15, -0.1) is 0 Å². The fraction of sp³-hybridized carbons (Fsp3) is 0.450. The van der Waals surface area contributed by atoms with Crippen molar-refractivity contribution in [2.24, 2.45) is 10.9 Å². The van der Waals surface area contributed by atoms with Crippen molar-refractivity contribution in [3.8, 4) is 0 Å². The summed E-state index contributed by atoms with van der Waals surface area (Å²) in [4.78, 5) is 7.06. The maximum atomic E-state index is 4.68. The Balaban J connectivity index is 1.86. The predicted octanol–water partition coefficient (Wildman–Crippen LogP) is 4.84. The van der Waals surface area contributed by atoms with Crippen LogP contribution in [0.3, 0.4) is 0 Å². The molecule has 0 amide bonds. The van der Waals surface area contributed by atoms with Crippen molar-refractivity contribution >= 4 is 5.84 Å². The molecular formula is C20H28N2. The second-order valence-corrected chi connectivity index (χ2v) is 5.72. The van der Waals surface area contributed by atoms with Crippen LogP contribution in [-0.4, -0.2) is 23.8 Å². The quantitative estimate of drug-likeness (QED) is 0.657. The molecule has 118 valence electrons. The van der Waals surface area contributed by atoms with Crippen LogP contribution in [0.5, 0.6) is 0 Å². The maximum Gasteiger partial charge on any atom is 0.111 e. The zero-order valence-electron chi connectivity index (χ0n) is 13.9. The molecule has 2 nitrogen and oxygen atoms in total. The molecule has 22 heavy (non-hydrogen) atoms. The highest BCUT2D eigenvalue weighted by atomic mass is 15.2. The van der Waals surface area contributed by atoms with Crippen LogP contribution >= 0.6 is 0 Å². The molecule has 1 unspecified atom stereocenters. The first-order valence-electron chi connectivity index (χ1n) is 8.55. The Morgan fingerprint density at radius 3 is 2.50 bits per heavy atom. The maximum absolute atomic E-state index is 4.68. The molecule has 0 aromatic heterocycles. The van der Waals surface area contributed by atoms with Gasteiger partial charge in [-0.3, -0.25) is 0 Å². The molecule has 0 saturated carbocycles. The van der Waals surface area contributed by atoms with Gasteiger partial charge in [0, 0.05) is 25.2 Å². The standard InChI is InChI=1S/C20H28N2/c1-3-22(4-2)20-19(16-10-11-17-21-20)15-9-8-14-18-12-6-5-7-13-18/h5-7,10-13,16-17,19H,3-4,8-9,14-15H2,1-2H3. The van der Waals surface area contributed by atoms with E-state index >= 15 is 0 Å². The molecule has 1 aliphatic rings. The minimum absolute atomic E-state index is 0.450. The number of aryl methyl sites for hydroxylation is 1. The summed E-state index contributed by atoms with van der Waals surface area (Å²) in [6.45, 7) is 6.46. The van der Waals surface area contributed by atoms with E-state index in [4.69, 9.17) is 0 Å². The molecule has 2 heteroatoms. The van der Waals surface area contributed by atoms with Gasteiger partial charge >= 0.3 is 0 Å². The lowest BCUT2D eigenvalue weighted by Gasteiger charge is -2.27. The van der Waals surface area contributed by atoms with Crippen LogP contribution in [0.4, 0.5) is 0 Å².